The first-order valence-corrected chi connectivity index (χ1v) is 5.38. The van der Waals surface area contributed by atoms with Gasteiger partial charge in [0, 0.05) is 13.1 Å². The molecule has 78 valence electrons. The Morgan fingerprint density at radius 1 is 1.40 bits per heavy atom. The highest BCUT2D eigenvalue weighted by Crippen LogP contribution is 2.46. The third-order valence-electron chi connectivity index (χ3n) is 3.21. The number of rotatable bonds is 2. The minimum atomic E-state index is 0.246. The highest BCUT2D eigenvalue weighted by atomic mass is 35.5. The van der Waals surface area contributed by atoms with E-state index < -0.39 is 0 Å². The molecular formula is C10H10ClN3O. The topological polar surface area (TPSA) is 46.1 Å². The number of anilines is 1. The summed E-state index contributed by atoms with van der Waals surface area (Å²) in [5, 5.41) is 0.246. The number of hydrogen-bond acceptors (Lipinski definition) is 4. The van der Waals surface area contributed by atoms with Crippen LogP contribution in [0.15, 0.2) is 6.33 Å². The third kappa shape index (κ3) is 1.40. The van der Waals surface area contributed by atoms with Gasteiger partial charge in [-0.3, -0.25) is 4.79 Å². The van der Waals surface area contributed by atoms with E-state index in [4.69, 9.17) is 11.6 Å². The van der Waals surface area contributed by atoms with Crippen LogP contribution >= 0.6 is 11.6 Å². The van der Waals surface area contributed by atoms with Gasteiger partial charge >= 0.3 is 0 Å². The number of fused-ring (bicyclic) bond motifs is 1. The van der Waals surface area contributed by atoms with Crippen molar-refractivity contribution in [1.82, 2.24) is 9.97 Å². The van der Waals surface area contributed by atoms with E-state index in [1.165, 1.54) is 12.7 Å². The Labute approximate surface area is 92.3 Å². The van der Waals surface area contributed by atoms with E-state index in [1.54, 1.807) is 0 Å². The summed E-state index contributed by atoms with van der Waals surface area (Å²) in [6.45, 7) is 2.00. The molecule has 0 amide bonds. The van der Waals surface area contributed by atoms with Crippen LogP contribution in [0.1, 0.15) is 16.8 Å². The largest absolute Gasteiger partial charge is 0.355 e. The van der Waals surface area contributed by atoms with Crippen LogP contribution in [0.3, 0.4) is 0 Å². The summed E-state index contributed by atoms with van der Waals surface area (Å²) >= 11 is 5.85. The molecule has 1 saturated carbocycles. The van der Waals surface area contributed by atoms with Crippen LogP contribution in [0, 0.1) is 11.8 Å². The number of hydrogen-bond donors (Lipinski definition) is 0. The van der Waals surface area contributed by atoms with E-state index in [9.17, 15) is 4.79 Å². The summed E-state index contributed by atoms with van der Waals surface area (Å²) in [7, 11) is 0. The van der Waals surface area contributed by atoms with E-state index >= 15 is 0 Å². The number of aldehydes is 1. The second-order valence-corrected chi connectivity index (χ2v) is 4.54. The Morgan fingerprint density at radius 3 is 2.80 bits per heavy atom. The summed E-state index contributed by atoms with van der Waals surface area (Å²) < 4.78 is 0. The predicted molar refractivity (Wildman–Crippen MR) is 56.2 cm³/mol. The molecule has 1 aromatic heterocycles. The van der Waals surface area contributed by atoms with Crippen molar-refractivity contribution in [3.8, 4) is 0 Å². The molecule has 5 heteroatoms. The molecule has 1 aliphatic carbocycles. The third-order valence-corrected chi connectivity index (χ3v) is 3.51. The van der Waals surface area contributed by atoms with Crippen molar-refractivity contribution in [2.45, 2.75) is 6.42 Å². The van der Waals surface area contributed by atoms with Crippen molar-refractivity contribution >= 4 is 23.7 Å². The highest BCUT2D eigenvalue weighted by molar-refractivity contribution is 6.32. The molecule has 0 aromatic carbocycles. The lowest BCUT2D eigenvalue weighted by atomic mass is 10.3. The zero-order valence-corrected chi connectivity index (χ0v) is 8.81. The van der Waals surface area contributed by atoms with Gasteiger partial charge in [-0.2, -0.15) is 0 Å². The molecule has 2 aliphatic rings. The maximum atomic E-state index is 10.9. The monoisotopic (exact) mass is 223 g/mol. The van der Waals surface area contributed by atoms with Gasteiger partial charge in [-0.15, -0.1) is 0 Å². The quantitative estimate of drug-likeness (QED) is 0.562. The second-order valence-electron chi connectivity index (χ2n) is 4.18. The van der Waals surface area contributed by atoms with E-state index in [0.717, 1.165) is 31.2 Å². The van der Waals surface area contributed by atoms with Crippen LogP contribution in [-0.2, 0) is 0 Å². The zero-order valence-electron chi connectivity index (χ0n) is 8.06. The fourth-order valence-corrected chi connectivity index (χ4v) is 2.46. The number of aromatic nitrogens is 2. The van der Waals surface area contributed by atoms with Crippen LogP contribution in [0.5, 0.6) is 0 Å². The van der Waals surface area contributed by atoms with Crippen LogP contribution in [-0.4, -0.2) is 29.3 Å². The van der Waals surface area contributed by atoms with Crippen LogP contribution < -0.4 is 4.90 Å². The Hall–Kier alpha value is -1.16. The van der Waals surface area contributed by atoms with Crippen LogP contribution in [0.25, 0.3) is 0 Å². The van der Waals surface area contributed by atoms with Gasteiger partial charge in [0.25, 0.3) is 0 Å². The Kier molecular flexibility index (Phi) is 1.92. The lowest BCUT2D eigenvalue weighted by molar-refractivity contribution is 0.112. The fourth-order valence-electron chi connectivity index (χ4n) is 2.29. The van der Waals surface area contributed by atoms with Crippen molar-refractivity contribution in [3.63, 3.8) is 0 Å². The smallest absolute Gasteiger partial charge is 0.156 e. The molecule has 1 saturated heterocycles. The van der Waals surface area contributed by atoms with Gasteiger partial charge in [-0.05, 0) is 18.3 Å². The van der Waals surface area contributed by atoms with Gasteiger partial charge in [0.2, 0.25) is 0 Å². The Morgan fingerprint density at radius 2 is 2.13 bits per heavy atom. The first-order valence-electron chi connectivity index (χ1n) is 5.00. The number of carbonyl (C=O) groups excluding carboxylic acids is 1. The molecule has 1 aliphatic heterocycles. The van der Waals surface area contributed by atoms with Gasteiger partial charge in [0.1, 0.15) is 17.3 Å². The summed E-state index contributed by atoms with van der Waals surface area (Å²) in [5.41, 5.74) is 0.417. The molecule has 0 N–H and O–H groups in total. The molecule has 2 heterocycles. The van der Waals surface area contributed by atoms with Crippen molar-refractivity contribution in [3.05, 3.63) is 17.0 Å². The molecule has 1 aromatic rings. The van der Waals surface area contributed by atoms with Crippen LogP contribution in [0.4, 0.5) is 5.82 Å². The van der Waals surface area contributed by atoms with Gasteiger partial charge in [-0.1, -0.05) is 11.6 Å². The average molecular weight is 224 g/mol. The van der Waals surface area contributed by atoms with Gasteiger partial charge in [-0.25, -0.2) is 9.97 Å². The molecule has 2 fully saturated rings. The van der Waals surface area contributed by atoms with Gasteiger partial charge in [0.05, 0.1) is 5.56 Å². The minimum Gasteiger partial charge on any atom is -0.355 e. The lowest BCUT2D eigenvalue weighted by Gasteiger charge is -2.20. The van der Waals surface area contributed by atoms with Crippen molar-refractivity contribution in [2.24, 2.45) is 11.8 Å². The molecular weight excluding hydrogens is 214 g/mol. The van der Waals surface area contributed by atoms with Crippen molar-refractivity contribution in [1.29, 1.82) is 0 Å². The molecule has 15 heavy (non-hydrogen) atoms. The average Bonchev–Trinajstić information content (AvgIpc) is 2.85. The zero-order chi connectivity index (χ0) is 10.4. The first-order chi connectivity index (χ1) is 7.29. The summed E-state index contributed by atoms with van der Waals surface area (Å²) in [6.07, 6.45) is 3.47. The predicted octanol–water partition coefficient (Wildman–Crippen LogP) is 1.40. The molecule has 0 spiro atoms. The second kappa shape index (κ2) is 3.17. The fraction of sp³-hybridized carbons (Fsp3) is 0.500. The Balaban J connectivity index is 1.96. The van der Waals surface area contributed by atoms with E-state index in [-0.39, 0.29) is 5.15 Å². The van der Waals surface area contributed by atoms with Gasteiger partial charge in [0.15, 0.2) is 6.29 Å². The van der Waals surface area contributed by atoms with Crippen molar-refractivity contribution < 1.29 is 4.79 Å². The molecule has 4 nitrogen and oxygen atoms in total. The van der Waals surface area contributed by atoms with Crippen LogP contribution in [0.2, 0.25) is 5.15 Å². The normalized spacial score (nSPS) is 27.7. The first kappa shape index (κ1) is 9.09. The number of nitrogens with zero attached hydrogens (tertiary/aromatic N) is 3. The molecule has 0 bridgehead atoms. The van der Waals surface area contributed by atoms with Gasteiger partial charge < -0.3 is 4.90 Å². The summed E-state index contributed by atoms with van der Waals surface area (Å²) in [5.74, 6) is 2.30. The molecule has 0 radical (unpaired) electrons. The van der Waals surface area contributed by atoms with Crippen molar-refractivity contribution in [2.75, 3.05) is 18.0 Å². The van der Waals surface area contributed by atoms with E-state index in [1.807, 2.05) is 0 Å². The standard InChI is InChI=1S/C10H10ClN3O/c11-9-8(4-15)10(13-5-12-9)14-2-6-1-7(6)3-14/h4-7H,1-3H2. The number of halogens is 1. The summed E-state index contributed by atoms with van der Waals surface area (Å²) in [6, 6.07) is 0. The molecule has 2 atom stereocenters. The number of piperidine rings is 1. The number of carbonyl (C=O) groups is 1. The van der Waals surface area contributed by atoms with E-state index in [2.05, 4.69) is 14.9 Å². The maximum absolute atomic E-state index is 10.9. The molecule has 2 unspecified atom stereocenters. The maximum Gasteiger partial charge on any atom is 0.156 e. The lowest BCUT2D eigenvalue weighted by Crippen LogP contribution is -2.24. The minimum absolute atomic E-state index is 0.246. The SMILES string of the molecule is O=Cc1c(Cl)ncnc1N1CC2CC2C1. The highest BCUT2D eigenvalue weighted by Gasteiger charge is 2.45. The molecule has 3 rings (SSSR count). The summed E-state index contributed by atoms with van der Waals surface area (Å²) in [4.78, 5) is 21.0. The van der Waals surface area contributed by atoms with E-state index in [0.29, 0.717) is 11.4 Å². The Bertz CT molecular complexity index is 413.